The van der Waals surface area contributed by atoms with Gasteiger partial charge < -0.3 is 10.4 Å². The van der Waals surface area contributed by atoms with Gasteiger partial charge in [0.15, 0.2) is 0 Å². The fourth-order valence-corrected chi connectivity index (χ4v) is 3.37. The maximum Gasteiger partial charge on any atom is 0.251 e. The number of halogens is 1. The molecule has 1 aliphatic rings. The van der Waals surface area contributed by atoms with E-state index >= 15 is 0 Å². The molecule has 4 heteroatoms. The molecule has 0 saturated heterocycles. The Hall–Kier alpha value is -2.20. The van der Waals surface area contributed by atoms with Gasteiger partial charge in [-0.15, -0.1) is 0 Å². The molecule has 0 bridgehead atoms. The van der Waals surface area contributed by atoms with Gasteiger partial charge in [0, 0.05) is 18.7 Å². The van der Waals surface area contributed by atoms with E-state index in [1.165, 1.54) is 5.57 Å². The van der Waals surface area contributed by atoms with E-state index in [1.54, 1.807) is 6.92 Å². The number of alkyl halides is 1. The number of aliphatic hydroxyl groups is 1. The van der Waals surface area contributed by atoms with Crippen LogP contribution in [0.2, 0.25) is 0 Å². The summed E-state index contributed by atoms with van der Waals surface area (Å²) in [5.74, 6) is -0.135. The Balaban J connectivity index is 2.32. The summed E-state index contributed by atoms with van der Waals surface area (Å²) in [6.07, 6.45) is 10.3. The molecular formula is C25H34FNO2. The third-order valence-electron chi connectivity index (χ3n) is 5.44. The van der Waals surface area contributed by atoms with E-state index in [1.807, 2.05) is 50.3 Å². The molecule has 158 valence electrons. The Kier molecular flexibility index (Phi) is 8.39. The zero-order chi connectivity index (χ0) is 21.4. The van der Waals surface area contributed by atoms with Gasteiger partial charge in [0.05, 0.1) is 0 Å². The number of carbonyl (C=O) groups is 1. The molecule has 1 aliphatic carbocycles. The standard InChI is InChI=1S/C25H34FNO2/c1-5-6-8-22(24(29)27-16-18(2)17-28)15-21-9-7-10-23(19(21)3)20-11-13-25(4,26)14-12-20/h6-11,15,18,28H,5,12-14,16-17H2,1-4H3,(H,27,29)/b8-6+,22-15+. The molecule has 1 amide bonds. The van der Waals surface area contributed by atoms with Gasteiger partial charge in [0.25, 0.3) is 5.91 Å². The average molecular weight is 400 g/mol. The number of amides is 1. The summed E-state index contributed by atoms with van der Waals surface area (Å²) < 4.78 is 14.2. The number of nitrogens with one attached hydrogen (secondary N) is 1. The van der Waals surface area contributed by atoms with Crippen molar-refractivity contribution >= 4 is 17.6 Å². The molecule has 29 heavy (non-hydrogen) atoms. The second-order valence-corrected chi connectivity index (χ2v) is 8.27. The van der Waals surface area contributed by atoms with Crippen LogP contribution in [-0.4, -0.2) is 29.8 Å². The fourth-order valence-electron chi connectivity index (χ4n) is 3.37. The maximum absolute atomic E-state index is 14.2. The van der Waals surface area contributed by atoms with E-state index in [4.69, 9.17) is 0 Å². The highest BCUT2D eigenvalue weighted by Gasteiger charge is 2.26. The third kappa shape index (κ3) is 6.67. The van der Waals surface area contributed by atoms with Crippen LogP contribution in [0.25, 0.3) is 11.6 Å². The minimum Gasteiger partial charge on any atom is -0.396 e. The van der Waals surface area contributed by atoms with Gasteiger partial charge >= 0.3 is 0 Å². The summed E-state index contributed by atoms with van der Waals surface area (Å²) in [7, 11) is 0. The minimum atomic E-state index is -1.11. The zero-order valence-corrected chi connectivity index (χ0v) is 18.1. The lowest BCUT2D eigenvalue weighted by atomic mass is 9.83. The minimum absolute atomic E-state index is 0.0137. The molecule has 2 atom stereocenters. The predicted molar refractivity (Wildman–Crippen MR) is 119 cm³/mol. The van der Waals surface area contributed by atoms with Gasteiger partial charge in [-0.2, -0.15) is 0 Å². The third-order valence-corrected chi connectivity index (χ3v) is 5.44. The fraction of sp³-hybridized carbons (Fsp3) is 0.480. The van der Waals surface area contributed by atoms with E-state index in [0.29, 0.717) is 25.0 Å². The lowest BCUT2D eigenvalue weighted by Gasteiger charge is -2.26. The summed E-state index contributed by atoms with van der Waals surface area (Å²) in [4.78, 5) is 12.7. The van der Waals surface area contributed by atoms with Crippen LogP contribution in [-0.2, 0) is 4.79 Å². The van der Waals surface area contributed by atoms with E-state index in [9.17, 15) is 14.3 Å². The Bertz CT molecular complexity index is 805. The van der Waals surface area contributed by atoms with E-state index in [-0.39, 0.29) is 18.4 Å². The van der Waals surface area contributed by atoms with Crippen LogP contribution in [0.1, 0.15) is 63.1 Å². The largest absolute Gasteiger partial charge is 0.396 e. The van der Waals surface area contributed by atoms with Crippen molar-refractivity contribution < 1.29 is 14.3 Å². The molecule has 0 saturated carbocycles. The molecular weight excluding hydrogens is 365 g/mol. The molecule has 2 unspecified atom stereocenters. The Morgan fingerprint density at radius 3 is 2.79 bits per heavy atom. The van der Waals surface area contributed by atoms with Gasteiger partial charge in [0.1, 0.15) is 5.67 Å². The number of hydrogen-bond donors (Lipinski definition) is 2. The summed E-state index contributed by atoms with van der Waals surface area (Å²) in [6, 6.07) is 6.07. The monoisotopic (exact) mass is 399 g/mol. The van der Waals surface area contributed by atoms with Crippen molar-refractivity contribution in [1.82, 2.24) is 5.32 Å². The smallest absolute Gasteiger partial charge is 0.251 e. The lowest BCUT2D eigenvalue weighted by Crippen LogP contribution is -2.30. The molecule has 1 aromatic carbocycles. The summed E-state index contributed by atoms with van der Waals surface area (Å²) in [6.45, 7) is 8.10. The van der Waals surface area contributed by atoms with Crippen molar-refractivity contribution in [2.24, 2.45) is 5.92 Å². The second-order valence-electron chi connectivity index (χ2n) is 8.27. The van der Waals surface area contributed by atoms with Crippen molar-refractivity contribution in [1.29, 1.82) is 0 Å². The van der Waals surface area contributed by atoms with Crippen molar-refractivity contribution in [3.63, 3.8) is 0 Å². The number of hydrogen-bond acceptors (Lipinski definition) is 2. The molecule has 0 aromatic heterocycles. The van der Waals surface area contributed by atoms with Crippen LogP contribution < -0.4 is 5.32 Å². The molecule has 1 aromatic rings. The molecule has 2 N–H and O–H groups in total. The van der Waals surface area contributed by atoms with Gasteiger partial charge in [0.2, 0.25) is 0 Å². The van der Waals surface area contributed by atoms with Crippen LogP contribution in [0.5, 0.6) is 0 Å². The van der Waals surface area contributed by atoms with E-state index < -0.39 is 5.67 Å². The highest BCUT2D eigenvalue weighted by molar-refractivity contribution is 6.00. The number of rotatable bonds is 8. The zero-order valence-electron chi connectivity index (χ0n) is 18.1. The normalized spacial score (nSPS) is 21.2. The first-order valence-corrected chi connectivity index (χ1v) is 10.5. The Morgan fingerprint density at radius 1 is 1.41 bits per heavy atom. The van der Waals surface area contributed by atoms with Crippen molar-refractivity contribution in [2.75, 3.05) is 13.2 Å². The van der Waals surface area contributed by atoms with Crippen molar-refractivity contribution in [3.8, 4) is 0 Å². The first kappa shape index (κ1) is 23.1. The van der Waals surface area contributed by atoms with E-state index in [0.717, 1.165) is 29.5 Å². The van der Waals surface area contributed by atoms with Crippen LogP contribution in [0.3, 0.4) is 0 Å². The summed E-state index contributed by atoms with van der Waals surface area (Å²) in [5, 5.41) is 12.1. The van der Waals surface area contributed by atoms with Crippen LogP contribution >= 0.6 is 0 Å². The van der Waals surface area contributed by atoms with Crippen LogP contribution in [0.4, 0.5) is 4.39 Å². The number of carbonyl (C=O) groups excluding carboxylic acids is 1. The molecule has 3 nitrogen and oxygen atoms in total. The SMILES string of the molecule is CC/C=C/C(=C\c1cccc(C2=CCC(C)(F)CC2)c1C)C(=O)NCC(C)CO. The number of aliphatic hydroxyl groups excluding tert-OH is 1. The number of benzene rings is 1. The van der Waals surface area contributed by atoms with Crippen molar-refractivity contribution in [2.45, 2.75) is 59.0 Å². The molecule has 0 aliphatic heterocycles. The lowest BCUT2D eigenvalue weighted by molar-refractivity contribution is -0.117. The average Bonchev–Trinajstić information content (AvgIpc) is 2.70. The van der Waals surface area contributed by atoms with Crippen LogP contribution in [0.15, 0.2) is 42.0 Å². The van der Waals surface area contributed by atoms with Crippen LogP contribution in [0, 0.1) is 12.8 Å². The Labute approximate surface area is 174 Å². The first-order chi connectivity index (χ1) is 13.8. The van der Waals surface area contributed by atoms with Gasteiger partial charge in [-0.3, -0.25) is 4.79 Å². The summed E-state index contributed by atoms with van der Waals surface area (Å²) in [5.41, 5.74) is 3.86. The molecule has 0 heterocycles. The molecule has 0 fully saturated rings. The first-order valence-electron chi connectivity index (χ1n) is 10.5. The predicted octanol–water partition coefficient (Wildman–Crippen LogP) is 5.38. The van der Waals surface area contributed by atoms with Gasteiger partial charge in [-0.1, -0.05) is 50.3 Å². The summed E-state index contributed by atoms with van der Waals surface area (Å²) >= 11 is 0. The molecule has 0 spiro atoms. The van der Waals surface area contributed by atoms with Gasteiger partial charge in [-0.05, 0) is 73.8 Å². The van der Waals surface area contributed by atoms with Gasteiger partial charge in [-0.25, -0.2) is 4.39 Å². The Morgan fingerprint density at radius 2 is 2.17 bits per heavy atom. The maximum atomic E-state index is 14.2. The topological polar surface area (TPSA) is 49.3 Å². The quantitative estimate of drug-likeness (QED) is 0.455. The second kappa shape index (κ2) is 10.5. The highest BCUT2D eigenvalue weighted by atomic mass is 19.1. The molecule has 0 radical (unpaired) electrons. The van der Waals surface area contributed by atoms with E-state index in [2.05, 4.69) is 18.3 Å². The highest BCUT2D eigenvalue weighted by Crippen LogP contribution is 2.36. The molecule has 2 rings (SSSR count). The number of allylic oxidation sites excluding steroid dienone is 3. The van der Waals surface area contributed by atoms with Crippen molar-refractivity contribution in [3.05, 3.63) is 58.7 Å².